The highest BCUT2D eigenvalue weighted by molar-refractivity contribution is 6.74. The number of aryl methyl sites for hydroxylation is 1. The van der Waals surface area contributed by atoms with Gasteiger partial charge in [-0.15, -0.1) is 12.3 Å². The minimum atomic E-state index is -2.07. The van der Waals surface area contributed by atoms with Crippen molar-refractivity contribution in [2.45, 2.75) is 90.8 Å². The van der Waals surface area contributed by atoms with Crippen molar-refractivity contribution in [1.82, 2.24) is 0 Å². The Kier molecular flexibility index (Phi) is 12.1. The van der Waals surface area contributed by atoms with Crippen LogP contribution >= 0.6 is 0 Å². The van der Waals surface area contributed by atoms with Crippen LogP contribution in [0.5, 0.6) is 11.5 Å². The Morgan fingerprint density at radius 1 is 1.16 bits per heavy atom. The second-order valence-corrected chi connectivity index (χ2v) is 18.0. The van der Waals surface area contributed by atoms with Gasteiger partial charge < -0.3 is 28.5 Å². The molecule has 1 aliphatic rings. The Bertz CT molecular complexity index is 1320. The molecule has 2 aromatic rings. The Morgan fingerprint density at radius 2 is 1.84 bits per heavy atom. The quantitative estimate of drug-likeness (QED) is 0.149. The number of carbonyl (C=O) groups excluding carboxylic acids is 2. The SMILES string of the molecule is C#CCC(CO[Si](C)(C)C(C)(C)C)C(=O)OCC(O)C[C@H](C)[C@@H]1Cc2ccc(C)c(OCc3ccc(OC)cc3)c2C(=O)O1. The molecule has 2 unspecified atom stereocenters. The number of cyclic esters (lactones) is 1. The molecule has 4 atom stereocenters. The Labute approximate surface area is 263 Å². The van der Waals surface area contributed by atoms with Gasteiger partial charge in [-0.25, -0.2) is 4.79 Å². The lowest BCUT2D eigenvalue weighted by Crippen LogP contribution is -2.43. The summed E-state index contributed by atoms with van der Waals surface area (Å²) in [7, 11) is -0.453. The van der Waals surface area contributed by atoms with E-state index in [-0.39, 0.29) is 37.0 Å². The average Bonchev–Trinajstić information content (AvgIpc) is 2.97. The van der Waals surface area contributed by atoms with Crippen molar-refractivity contribution < 1.29 is 38.1 Å². The number of hydrogen-bond donors (Lipinski definition) is 1. The zero-order valence-electron chi connectivity index (χ0n) is 27.4. The molecule has 0 fully saturated rings. The fourth-order valence-corrected chi connectivity index (χ4v) is 5.83. The zero-order chi connectivity index (χ0) is 32.7. The molecule has 0 spiro atoms. The molecule has 1 aliphatic heterocycles. The number of aliphatic hydroxyl groups is 1. The van der Waals surface area contributed by atoms with Crippen LogP contribution < -0.4 is 9.47 Å². The van der Waals surface area contributed by atoms with Gasteiger partial charge in [0, 0.05) is 19.4 Å². The van der Waals surface area contributed by atoms with E-state index in [0.29, 0.717) is 24.3 Å². The van der Waals surface area contributed by atoms with Crippen molar-refractivity contribution in [3.05, 3.63) is 58.7 Å². The van der Waals surface area contributed by atoms with E-state index in [0.717, 1.165) is 22.4 Å². The molecule has 0 bridgehead atoms. The summed E-state index contributed by atoms with van der Waals surface area (Å²) in [4.78, 5) is 26.0. The fraction of sp³-hybridized carbons (Fsp3) is 0.543. The molecule has 3 rings (SSSR count). The zero-order valence-corrected chi connectivity index (χ0v) is 28.4. The highest BCUT2D eigenvalue weighted by Crippen LogP contribution is 2.37. The average molecular weight is 625 g/mol. The first kappa shape index (κ1) is 35.2. The van der Waals surface area contributed by atoms with E-state index in [4.69, 9.17) is 29.8 Å². The number of rotatable bonds is 14. The summed E-state index contributed by atoms with van der Waals surface area (Å²) in [5, 5.41) is 10.7. The van der Waals surface area contributed by atoms with Gasteiger partial charge in [-0.3, -0.25) is 4.79 Å². The van der Waals surface area contributed by atoms with Crippen molar-refractivity contribution in [2.75, 3.05) is 20.3 Å². The molecule has 44 heavy (non-hydrogen) atoms. The molecule has 0 aliphatic carbocycles. The van der Waals surface area contributed by atoms with Crippen LogP contribution in [0.25, 0.3) is 0 Å². The van der Waals surface area contributed by atoms with Crippen LogP contribution in [0.1, 0.15) is 67.6 Å². The standard InChI is InChI=1S/C35H48O8Si/c1-10-11-27(21-42-44(8,9)35(4,5)6)33(37)41-22-28(36)18-24(3)30-19-26-15-12-23(2)32(31(26)34(38)43-30)40-20-25-13-16-29(39-7)17-14-25/h1,12-17,24,27-28,30,36H,11,18-22H2,2-9H3/t24-,27?,28?,30-/m0/s1. The van der Waals surface area contributed by atoms with E-state index in [9.17, 15) is 14.7 Å². The number of carbonyl (C=O) groups is 2. The number of benzene rings is 2. The summed E-state index contributed by atoms with van der Waals surface area (Å²) in [5.41, 5.74) is 3.07. The van der Waals surface area contributed by atoms with Gasteiger partial charge in [0.15, 0.2) is 8.32 Å². The molecule has 0 amide bonds. The Hall–Kier alpha value is -3.32. The van der Waals surface area contributed by atoms with Crippen molar-refractivity contribution in [2.24, 2.45) is 11.8 Å². The van der Waals surface area contributed by atoms with Crippen LogP contribution in [0, 0.1) is 31.1 Å². The summed E-state index contributed by atoms with van der Waals surface area (Å²) >= 11 is 0. The maximum atomic E-state index is 13.2. The number of esters is 2. The fourth-order valence-electron chi connectivity index (χ4n) is 4.78. The molecule has 2 aromatic carbocycles. The molecule has 8 nitrogen and oxygen atoms in total. The predicted octanol–water partition coefficient (Wildman–Crippen LogP) is 6.26. The van der Waals surface area contributed by atoms with Gasteiger partial charge in [0.25, 0.3) is 0 Å². The van der Waals surface area contributed by atoms with Crippen LogP contribution in [0.4, 0.5) is 0 Å². The number of aliphatic hydroxyl groups excluding tert-OH is 1. The normalized spacial score (nSPS) is 17.0. The number of ether oxygens (including phenoxy) is 4. The summed E-state index contributed by atoms with van der Waals surface area (Å²) in [6, 6.07) is 11.4. The lowest BCUT2D eigenvalue weighted by molar-refractivity contribution is -0.153. The van der Waals surface area contributed by atoms with Crippen LogP contribution in [0.2, 0.25) is 18.1 Å². The maximum absolute atomic E-state index is 13.2. The van der Waals surface area contributed by atoms with Crippen LogP contribution in [-0.4, -0.2) is 57.9 Å². The topological polar surface area (TPSA) is 101 Å². The van der Waals surface area contributed by atoms with Gasteiger partial charge in [0.2, 0.25) is 0 Å². The number of terminal acetylenes is 1. The van der Waals surface area contributed by atoms with E-state index in [2.05, 4.69) is 39.8 Å². The summed E-state index contributed by atoms with van der Waals surface area (Å²) < 4.78 is 28.8. The molecule has 0 aromatic heterocycles. The molecule has 1 N–H and O–H groups in total. The molecule has 0 saturated carbocycles. The lowest BCUT2D eigenvalue weighted by Gasteiger charge is -2.37. The molecule has 0 saturated heterocycles. The molecule has 9 heteroatoms. The van der Waals surface area contributed by atoms with Crippen molar-refractivity contribution in [3.63, 3.8) is 0 Å². The van der Waals surface area contributed by atoms with E-state index in [1.165, 1.54) is 0 Å². The number of hydrogen-bond acceptors (Lipinski definition) is 8. The first-order chi connectivity index (χ1) is 20.7. The summed E-state index contributed by atoms with van der Waals surface area (Å²) in [6.07, 6.45) is 5.11. The largest absolute Gasteiger partial charge is 0.497 e. The first-order valence-electron chi connectivity index (χ1n) is 15.2. The van der Waals surface area contributed by atoms with Gasteiger partial charge in [-0.05, 0) is 66.2 Å². The van der Waals surface area contributed by atoms with E-state index >= 15 is 0 Å². The Morgan fingerprint density at radius 3 is 2.45 bits per heavy atom. The van der Waals surface area contributed by atoms with E-state index in [1.807, 2.05) is 50.2 Å². The number of fused-ring (bicyclic) bond motifs is 1. The minimum absolute atomic E-state index is 0.00229. The number of methoxy groups -OCH3 is 1. The van der Waals surface area contributed by atoms with Crippen molar-refractivity contribution in [1.29, 1.82) is 0 Å². The summed E-state index contributed by atoms with van der Waals surface area (Å²) in [6.45, 7) is 14.7. The van der Waals surface area contributed by atoms with Gasteiger partial charge in [0.05, 0.1) is 19.1 Å². The highest BCUT2D eigenvalue weighted by Gasteiger charge is 2.38. The van der Waals surface area contributed by atoms with Crippen LogP contribution in [0.15, 0.2) is 36.4 Å². The highest BCUT2D eigenvalue weighted by atomic mass is 28.4. The monoisotopic (exact) mass is 624 g/mol. The second kappa shape index (κ2) is 15.1. The first-order valence-corrected chi connectivity index (χ1v) is 18.1. The molecule has 0 radical (unpaired) electrons. The molecular weight excluding hydrogens is 576 g/mol. The third kappa shape index (κ3) is 9.10. The smallest absolute Gasteiger partial charge is 0.342 e. The van der Waals surface area contributed by atoms with Crippen LogP contribution in [-0.2, 0) is 31.7 Å². The van der Waals surface area contributed by atoms with Crippen LogP contribution in [0.3, 0.4) is 0 Å². The lowest BCUT2D eigenvalue weighted by atomic mass is 9.88. The van der Waals surface area contributed by atoms with Gasteiger partial charge in [-0.2, -0.15) is 0 Å². The van der Waals surface area contributed by atoms with Crippen molar-refractivity contribution >= 4 is 20.3 Å². The van der Waals surface area contributed by atoms with E-state index in [1.54, 1.807) is 7.11 Å². The van der Waals surface area contributed by atoms with Gasteiger partial charge in [-0.1, -0.05) is 52.0 Å². The minimum Gasteiger partial charge on any atom is -0.497 e. The third-order valence-corrected chi connectivity index (χ3v) is 13.2. The van der Waals surface area contributed by atoms with E-state index < -0.39 is 38.4 Å². The third-order valence-electron chi connectivity index (χ3n) is 8.71. The molecule has 240 valence electrons. The van der Waals surface area contributed by atoms with Crippen molar-refractivity contribution in [3.8, 4) is 23.8 Å². The molecule has 1 heterocycles. The summed E-state index contributed by atoms with van der Waals surface area (Å²) in [5.74, 6) is 2.09. The molecular formula is C35H48O8Si. The van der Waals surface area contributed by atoms with Gasteiger partial charge >= 0.3 is 11.9 Å². The Balaban J connectivity index is 1.57. The second-order valence-electron chi connectivity index (χ2n) is 13.2. The maximum Gasteiger partial charge on any atom is 0.342 e. The predicted molar refractivity (Wildman–Crippen MR) is 172 cm³/mol. The van der Waals surface area contributed by atoms with Gasteiger partial charge in [0.1, 0.15) is 36.4 Å².